The van der Waals surface area contributed by atoms with E-state index in [1.165, 1.54) is 16.7 Å². The molecule has 59 heavy (non-hydrogen) atoms. The Bertz CT molecular complexity index is 2570. The van der Waals surface area contributed by atoms with Crippen molar-refractivity contribution in [1.29, 1.82) is 0 Å². The zero-order valence-corrected chi connectivity index (χ0v) is 34.4. The van der Waals surface area contributed by atoms with E-state index in [1.807, 2.05) is 66.7 Å². The minimum absolute atomic E-state index is 0.108. The standard InChI is InChI=1S/C49H49N3O7/c1-51-20-18-31-24-41(54-3)44-27-37(31)39(51)22-29-14-16-34(17-15-29)58-43-26-33(23-40-46-32(19-21-52(40)2)25-45(56-5)47(57-6)48(46)59-44)38(28-42(43)55-4)50-49(53)36-13-9-11-30-10-7-8-12-35(30)36/h7-17,24-28,39-40H,18-23H2,1-6H3,(H,50,53)/t39-,40-/m0/s1. The van der Waals surface area contributed by atoms with Crippen LogP contribution in [0.5, 0.6) is 46.0 Å². The Morgan fingerprint density at radius 2 is 1.34 bits per heavy atom. The third-order valence-corrected chi connectivity index (χ3v) is 12.3. The van der Waals surface area contributed by atoms with Crippen LogP contribution in [0, 0.1) is 0 Å². The van der Waals surface area contributed by atoms with Crippen LogP contribution in [0.3, 0.4) is 0 Å². The summed E-state index contributed by atoms with van der Waals surface area (Å²) in [6.45, 7) is 1.71. The molecule has 302 valence electrons. The Morgan fingerprint density at radius 3 is 2.10 bits per heavy atom. The lowest BCUT2D eigenvalue weighted by Gasteiger charge is -2.37. The van der Waals surface area contributed by atoms with Gasteiger partial charge in [0.1, 0.15) is 5.75 Å². The molecule has 2 atom stereocenters. The lowest BCUT2D eigenvalue weighted by Crippen LogP contribution is -2.34. The first kappa shape index (κ1) is 38.3. The fourth-order valence-electron chi connectivity index (χ4n) is 9.07. The van der Waals surface area contributed by atoms with Crippen LogP contribution < -0.4 is 33.7 Å². The smallest absolute Gasteiger partial charge is 0.256 e. The second kappa shape index (κ2) is 15.8. The molecular formula is C49H49N3O7. The van der Waals surface area contributed by atoms with Crippen LogP contribution in [-0.4, -0.2) is 71.3 Å². The molecule has 1 amide bonds. The lowest BCUT2D eigenvalue weighted by molar-refractivity contribution is 0.102. The summed E-state index contributed by atoms with van der Waals surface area (Å²) in [7, 11) is 10.9. The van der Waals surface area contributed by atoms with Crippen LogP contribution in [0.2, 0.25) is 0 Å². The van der Waals surface area contributed by atoms with Crippen LogP contribution in [-0.2, 0) is 25.7 Å². The molecule has 0 radical (unpaired) electrons. The number of hydrogen-bond acceptors (Lipinski definition) is 9. The highest BCUT2D eigenvalue weighted by molar-refractivity contribution is 6.13. The Labute approximate surface area is 345 Å². The van der Waals surface area contributed by atoms with Crippen molar-refractivity contribution in [3.8, 4) is 46.0 Å². The molecule has 1 N–H and O–H groups in total. The maximum Gasteiger partial charge on any atom is 0.256 e. The lowest BCUT2D eigenvalue weighted by atomic mass is 9.86. The molecule has 0 spiro atoms. The predicted molar refractivity (Wildman–Crippen MR) is 230 cm³/mol. The van der Waals surface area contributed by atoms with Crippen molar-refractivity contribution >= 4 is 22.4 Å². The quantitative estimate of drug-likeness (QED) is 0.177. The molecule has 0 fully saturated rings. The van der Waals surface area contributed by atoms with E-state index < -0.39 is 0 Å². The van der Waals surface area contributed by atoms with E-state index in [4.69, 9.17) is 28.4 Å². The largest absolute Gasteiger partial charge is 0.493 e. The summed E-state index contributed by atoms with van der Waals surface area (Å²) in [5.41, 5.74) is 7.74. The zero-order chi connectivity index (χ0) is 40.8. The highest BCUT2D eigenvalue weighted by atomic mass is 16.5. The maximum absolute atomic E-state index is 14.3. The van der Waals surface area contributed by atoms with Crippen LogP contribution in [0.25, 0.3) is 10.8 Å². The maximum atomic E-state index is 14.3. The average Bonchev–Trinajstić information content (AvgIpc) is 3.26. The number of carbonyl (C=O) groups is 1. The first-order valence-corrected chi connectivity index (χ1v) is 20.1. The molecule has 10 heteroatoms. The van der Waals surface area contributed by atoms with E-state index in [-0.39, 0.29) is 18.0 Å². The van der Waals surface area contributed by atoms with Gasteiger partial charge in [0.2, 0.25) is 5.75 Å². The van der Waals surface area contributed by atoms with E-state index in [0.29, 0.717) is 63.7 Å². The van der Waals surface area contributed by atoms with Crippen molar-refractivity contribution in [2.45, 2.75) is 37.8 Å². The van der Waals surface area contributed by atoms with Gasteiger partial charge >= 0.3 is 0 Å². The molecule has 10 nitrogen and oxygen atoms in total. The summed E-state index contributed by atoms with van der Waals surface area (Å²) in [6.07, 6.45) is 2.94. The van der Waals surface area contributed by atoms with Gasteiger partial charge in [-0.25, -0.2) is 0 Å². The number of nitrogens with zero attached hydrogens (tertiary/aromatic N) is 2. The number of nitrogens with one attached hydrogen (secondary N) is 1. The number of anilines is 1. The number of fused-ring (bicyclic) bond motifs is 3. The van der Waals surface area contributed by atoms with E-state index in [9.17, 15) is 4.79 Å². The molecule has 6 bridgehead atoms. The molecule has 0 unspecified atom stereocenters. The number of methoxy groups -OCH3 is 4. The highest BCUT2D eigenvalue weighted by Gasteiger charge is 2.35. The number of amides is 1. The first-order valence-electron chi connectivity index (χ1n) is 20.1. The topological polar surface area (TPSA) is 91.0 Å². The molecule has 0 saturated heterocycles. The summed E-state index contributed by atoms with van der Waals surface area (Å²) in [6, 6.07) is 32.0. The molecule has 10 rings (SSSR count). The summed E-state index contributed by atoms with van der Waals surface area (Å²) in [5.74, 6) is 4.41. The second-order valence-corrected chi connectivity index (χ2v) is 15.6. The van der Waals surface area contributed by atoms with E-state index >= 15 is 0 Å². The summed E-state index contributed by atoms with van der Waals surface area (Å²) in [5, 5.41) is 5.14. The van der Waals surface area contributed by atoms with Crippen molar-refractivity contribution in [2.24, 2.45) is 0 Å². The third-order valence-electron chi connectivity index (χ3n) is 12.3. The number of carbonyl (C=O) groups excluding carboxylic acids is 1. The average molecular weight is 792 g/mol. The van der Waals surface area contributed by atoms with Gasteiger partial charge in [-0.2, -0.15) is 0 Å². The zero-order valence-electron chi connectivity index (χ0n) is 34.4. The van der Waals surface area contributed by atoms with Crippen LogP contribution >= 0.6 is 0 Å². The molecule has 0 aromatic heterocycles. The van der Waals surface area contributed by atoms with Crippen molar-refractivity contribution in [1.82, 2.24) is 9.80 Å². The van der Waals surface area contributed by atoms with Gasteiger partial charge in [0, 0.05) is 48.1 Å². The minimum Gasteiger partial charge on any atom is -0.493 e. The van der Waals surface area contributed by atoms with Crippen molar-refractivity contribution < 1.29 is 33.2 Å². The van der Waals surface area contributed by atoms with Crippen molar-refractivity contribution in [3.05, 3.63) is 136 Å². The second-order valence-electron chi connectivity index (χ2n) is 15.6. The Hall–Kier alpha value is -6.23. The van der Waals surface area contributed by atoms with E-state index in [1.54, 1.807) is 28.4 Å². The third kappa shape index (κ3) is 7.06. The van der Waals surface area contributed by atoms with Crippen LogP contribution in [0.1, 0.15) is 55.8 Å². The van der Waals surface area contributed by atoms with Crippen LogP contribution in [0.15, 0.2) is 97.1 Å². The fraction of sp³-hybridized carbons (Fsp3) is 0.286. The number of ether oxygens (including phenoxy) is 6. The molecule has 0 aliphatic carbocycles. The van der Waals surface area contributed by atoms with E-state index in [0.717, 1.165) is 59.8 Å². The number of rotatable bonds is 6. The Morgan fingerprint density at radius 1 is 0.661 bits per heavy atom. The van der Waals surface area contributed by atoms with Gasteiger partial charge in [0.25, 0.3) is 5.91 Å². The molecule has 6 aromatic rings. The van der Waals surface area contributed by atoms with Crippen molar-refractivity contribution in [2.75, 3.05) is 60.9 Å². The molecule has 0 saturated carbocycles. The summed E-state index contributed by atoms with van der Waals surface area (Å²) >= 11 is 0. The van der Waals surface area contributed by atoms with Gasteiger partial charge < -0.3 is 33.7 Å². The van der Waals surface area contributed by atoms with Gasteiger partial charge in [-0.05, 0) is 121 Å². The number of likely N-dealkylation sites (N-methyl/N-ethyl adjacent to an activating group) is 2. The van der Waals surface area contributed by atoms with Gasteiger partial charge in [-0.1, -0.05) is 48.5 Å². The molecule has 4 heterocycles. The van der Waals surface area contributed by atoms with Crippen LogP contribution in [0.4, 0.5) is 5.69 Å². The highest BCUT2D eigenvalue weighted by Crippen LogP contribution is 2.52. The molecule has 6 aromatic carbocycles. The first-order chi connectivity index (χ1) is 28.8. The minimum atomic E-state index is -0.222. The van der Waals surface area contributed by atoms with Gasteiger partial charge in [0.05, 0.1) is 28.4 Å². The summed E-state index contributed by atoms with van der Waals surface area (Å²) < 4.78 is 37.9. The SMILES string of the molecule is COc1cc(NC(=O)c2cccc3ccccc23)c2cc1Oc1ccc(cc1)C[C@H]1c3cc(c(OC)cc3CCN1C)Oc1c(OC)c(OC)cc3c1[C@H](C2)N(C)CC3. The number of hydrogen-bond donors (Lipinski definition) is 1. The summed E-state index contributed by atoms with van der Waals surface area (Å²) in [4.78, 5) is 19.0. The normalized spacial score (nSPS) is 17.5. The Balaban J connectivity index is 1.25. The van der Waals surface area contributed by atoms with Gasteiger partial charge in [-0.15, -0.1) is 0 Å². The van der Waals surface area contributed by atoms with Crippen molar-refractivity contribution in [3.63, 3.8) is 0 Å². The van der Waals surface area contributed by atoms with Gasteiger partial charge in [-0.3, -0.25) is 14.6 Å². The molecule has 4 aliphatic rings. The molecular weight excluding hydrogens is 743 g/mol. The number of benzene rings is 6. The fourth-order valence-corrected chi connectivity index (χ4v) is 9.07. The molecule has 4 aliphatic heterocycles. The predicted octanol–water partition coefficient (Wildman–Crippen LogP) is 9.57. The van der Waals surface area contributed by atoms with E-state index in [2.05, 4.69) is 59.5 Å². The van der Waals surface area contributed by atoms with Gasteiger partial charge in [0.15, 0.2) is 34.5 Å². The Kier molecular flexibility index (Phi) is 10.3. The monoisotopic (exact) mass is 791 g/mol.